The van der Waals surface area contributed by atoms with E-state index < -0.39 is 0 Å². The molecule has 0 aliphatic heterocycles. The van der Waals surface area contributed by atoms with Gasteiger partial charge in [0, 0.05) is 12.6 Å². The number of hydrogen-bond acceptors (Lipinski definition) is 3. The molecule has 4 nitrogen and oxygen atoms in total. The first-order valence-electron chi connectivity index (χ1n) is 5.74. The summed E-state index contributed by atoms with van der Waals surface area (Å²) in [5.41, 5.74) is 0. The minimum absolute atomic E-state index is 0.0270. The van der Waals surface area contributed by atoms with E-state index in [2.05, 4.69) is 10.6 Å². The Morgan fingerprint density at radius 2 is 2.00 bits per heavy atom. The van der Waals surface area contributed by atoms with Gasteiger partial charge in [-0.25, -0.2) is 0 Å². The van der Waals surface area contributed by atoms with Gasteiger partial charge in [-0.05, 0) is 26.8 Å². The van der Waals surface area contributed by atoms with Gasteiger partial charge in [0.15, 0.2) is 0 Å². The first-order valence-corrected chi connectivity index (χ1v) is 5.74. The molecule has 0 fully saturated rings. The van der Waals surface area contributed by atoms with Crippen molar-refractivity contribution in [1.29, 1.82) is 0 Å². The van der Waals surface area contributed by atoms with Crippen molar-refractivity contribution in [3.63, 3.8) is 0 Å². The number of nitrogens with one attached hydrogen (secondary N) is 2. The number of carbonyl (C=O) groups is 1. The third kappa shape index (κ3) is 7.33. The van der Waals surface area contributed by atoms with Crippen LogP contribution in [-0.2, 0) is 9.53 Å². The lowest BCUT2D eigenvalue weighted by Crippen LogP contribution is -2.40. The Morgan fingerprint density at radius 3 is 2.53 bits per heavy atom. The molecule has 0 spiro atoms. The van der Waals surface area contributed by atoms with E-state index in [4.69, 9.17) is 4.74 Å². The number of carbonyl (C=O) groups excluding carboxylic acids is 1. The summed E-state index contributed by atoms with van der Waals surface area (Å²) in [6, 6.07) is 0.220. The topological polar surface area (TPSA) is 50.4 Å². The summed E-state index contributed by atoms with van der Waals surface area (Å²) in [5, 5.41) is 6.02. The molecule has 0 aromatic carbocycles. The maximum absolute atomic E-state index is 11.5. The molecule has 2 atom stereocenters. The maximum atomic E-state index is 11.5. The molecule has 0 bridgehead atoms. The van der Waals surface area contributed by atoms with Crippen LogP contribution in [0, 0.1) is 0 Å². The SMILES string of the molecule is CCNCCOC(C)C(=O)NC(C)CC. The molecular formula is C11H24N2O2. The molecular weight excluding hydrogens is 192 g/mol. The van der Waals surface area contributed by atoms with E-state index in [1.165, 1.54) is 0 Å². The molecule has 2 unspecified atom stereocenters. The van der Waals surface area contributed by atoms with Gasteiger partial charge in [0.1, 0.15) is 6.10 Å². The highest BCUT2D eigenvalue weighted by atomic mass is 16.5. The normalized spacial score (nSPS) is 14.7. The summed E-state index contributed by atoms with van der Waals surface area (Å²) in [4.78, 5) is 11.5. The van der Waals surface area contributed by atoms with Crippen molar-refractivity contribution >= 4 is 5.91 Å². The van der Waals surface area contributed by atoms with Crippen LogP contribution in [0.5, 0.6) is 0 Å². The smallest absolute Gasteiger partial charge is 0.249 e. The van der Waals surface area contributed by atoms with Crippen LogP contribution in [0.3, 0.4) is 0 Å². The number of likely N-dealkylation sites (N-methyl/N-ethyl adjacent to an activating group) is 1. The zero-order valence-corrected chi connectivity index (χ0v) is 10.3. The Morgan fingerprint density at radius 1 is 1.33 bits per heavy atom. The molecule has 0 radical (unpaired) electrons. The highest BCUT2D eigenvalue weighted by molar-refractivity contribution is 5.80. The van der Waals surface area contributed by atoms with Crippen molar-refractivity contribution in [1.82, 2.24) is 10.6 Å². The summed E-state index contributed by atoms with van der Waals surface area (Å²) in [6.45, 7) is 10.1. The Balaban J connectivity index is 3.60. The molecule has 2 N–H and O–H groups in total. The maximum Gasteiger partial charge on any atom is 0.249 e. The lowest BCUT2D eigenvalue weighted by Gasteiger charge is -2.16. The Kier molecular flexibility index (Phi) is 8.33. The first-order chi connectivity index (χ1) is 7.11. The van der Waals surface area contributed by atoms with Crippen LogP contribution in [0.25, 0.3) is 0 Å². The van der Waals surface area contributed by atoms with E-state index in [1.807, 2.05) is 20.8 Å². The Bertz CT molecular complexity index is 174. The second-order valence-corrected chi connectivity index (χ2v) is 3.68. The van der Waals surface area contributed by atoms with Gasteiger partial charge in [-0.3, -0.25) is 4.79 Å². The monoisotopic (exact) mass is 216 g/mol. The van der Waals surface area contributed by atoms with Gasteiger partial charge in [0.25, 0.3) is 0 Å². The van der Waals surface area contributed by atoms with Gasteiger partial charge in [0.05, 0.1) is 6.61 Å². The van der Waals surface area contributed by atoms with E-state index in [9.17, 15) is 4.79 Å². The molecule has 0 saturated carbocycles. The average Bonchev–Trinajstić information content (AvgIpc) is 2.23. The predicted octanol–water partition coefficient (Wildman–Crippen LogP) is 0.916. The zero-order chi connectivity index (χ0) is 11.7. The summed E-state index contributed by atoms with van der Waals surface area (Å²) in [5.74, 6) is -0.0270. The van der Waals surface area contributed by atoms with Gasteiger partial charge >= 0.3 is 0 Å². The zero-order valence-electron chi connectivity index (χ0n) is 10.3. The molecule has 15 heavy (non-hydrogen) atoms. The number of rotatable bonds is 8. The van der Waals surface area contributed by atoms with Crippen LogP contribution in [0.4, 0.5) is 0 Å². The van der Waals surface area contributed by atoms with Gasteiger partial charge in [-0.2, -0.15) is 0 Å². The lowest BCUT2D eigenvalue weighted by atomic mass is 10.2. The van der Waals surface area contributed by atoms with Gasteiger partial charge < -0.3 is 15.4 Å². The van der Waals surface area contributed by atoms with E-state index in [-0.39, 0.29) is 18.1 Å². The molecule has 0 aromatic rings. The number of ether oxygens (including phenoxy) is 1. The molecule has 4 heteroatoms. The van der Waals surface area contributed by atoms with Gasteiger partial charge in [-0.15, -0.1) is 0 Å². The molecule has 0 aliphatic rings. The highest BCUT2D eigenvalue weighted by Gasteiger charge is 2.14. The highest BCUT2D eigenvalue weighted by Crippen LogP contribution is 1.94. The van der Waals surface area contributed by atoms with E-state index in [0.29, 0.717) is 6.61 Å². The Hall–Kier alpha value is -0.610. The molecule has 0 aliphatic carbocycles. The number of hydrogen-bond donors (Lipinski definition) is 2. The van der Waals surface area contributed by atoms with Crippen LogP contribution < -0.4 is 10.6 Å². The standard InChI is InChI=1S/C11H24N2O2/c1-5-9(3)13-11(14)10(4)15-8-7-12-6-2/h9-10,12H,5-8H2,1-4H3,(H,13,14). The Labute approximate surface area is 92.8 Å². The van der Waals surface area contributed by atoms with Crippen LogP contribution >= 0.6 is 0 Å². The van der Waals surface area contributed by atoms with E-state index >= 15 is 0 Å². The second-order valence-electron chi connectivity index (χ2n) is 3.68. The lowest BCUT2D eigenvalue weighted by molar-refractivity contribution is -0.132. The fourth-order valence-electron chi connectivity index (χ4n) is 1.02. The van der Waals surface area contributed by atoms with Crippen LogP contribution in [-0.4, -0.2) is 37.7 Å². The van der Waals surface area contributed by atoms with Crippen molar-refractivity contribution in [3.8, 4) is 0 Å². The fourth-order valence-corrected chi connectivity index (χ4v) is 1.02. The van der Waals surface area contributed by atoms with Crippen molar-refractivity contribution in [3.05, 3.63) is 0 Å². The fraction of sp³-hybridized carbons (Fsp3) is 0.909. The van der Waals surface area contributed by atoms with Gasteiger partial charge in [0.2, 0.25) is 5.91 Å². The molecule has 1 amide bonds. The quantitative estimate of drug-likeness (QED) is 0.593. The minimum Gasteiger partial charge on any atom is -0.367 e. The molecule has 0 heterocycles. The summed E-state index contributed by atoms with van der Waals surface area (Å²) in [6.07, 6.45) is 0.577. The van der Waals surface area contributed by atoms with Crippen molar-refractivity contribution < 1.29 is 9.53 Å². The third-order valence-corrected chi connectivity index (χ3v) is 2.27. The predicted molar refractivity (Wildman–Crippen MR) is 61.9 cm³/mol. The number of amides is 1. The average molecular weight is 216 g/mol. The van der Waals surface area contributed by atoms with Crippen molar-refractivity contribution in [2.75, 3.05) is 19.7 Å². The largest absolute Gasteiger partial charge is 0.367 e. The van der Waals surface area contributed by atoms with Gasteiger partial charge in [-0.1, -0.05) is 13.8 Å². The van der Waals surface area contributed by atoms with Crippen LogP contribution in [0.15, 0.2) is 0 Å². The molecule has 0 aromatic heterocycles. The van der Waals surface area contributed by atoms with Crippen molar-refractivity contribution in [2.24, 2.45) is 0 Å². The first kappa shape index (κ1) is 14.4. The summed E-state index contributed by atoms with van der Waals surface area (Å²) >= 11 is 0. The molecule has 0 rings (SSSR count). The van der Waals surface area contributed by atoms with E-state index in [1.54, 1.807) is 6.92 Å². The summed E-state index contributed by atoms with van der Waals surface area (Å²) < 4.78 is 5.38. The molecule has 0 saturated heterocycles. The van der Waals surface area contributed by atoms with Crippen molar-refractivity contribution in [2.45, 2.75) is 46.3 Å². The minimum atomic E-state index is -0.363. The van der Waals surface area contributed by atoms with E-state index in [0.717, 1.165) is 19.5 Å². The third-order valence-electron chi connectivity index (χ3n) is 2.27. The van der Waals surface area contributed by atoms with Crippen LogP contribution in [0.2, 0.25) is 0 Å². The molecule has 90 valence electrons. The van der Waals surface area contributed by atoms with Crippen LogP contribution in [0.1, 0.15) is 34.1 Å². The second kappa shape index (κ2) is 8.68. The summed E-state index contributed by atoms with van der Waals surface area (Å²) in [7, 11) is 0.